The molecule has 1 atom stereocenters. The summed E-state index contributed by atoms with van der Waals surface area (Å²) in [5.41, 5.74) is 3.36. The largest absolute Gasteiger partial charge is 0.444 e. The lowest BCUT2D eigenvalue weighted by molar-refractivity contribution is -0.00146. The Labute approximate surface area is 456 Å². The summed E-state index contributed by atoms with van der Waals surface area (Å²) in [6.07, 6.45) is 1.06. The van der Waals surface area contributed by atoms with E-state index in [1.807, 2.05) is 83.1 Å². The highest BCUT2D eigenvalue weighted by molar-refractivity contribution is 6.29. The Morgan fingerprint density at radius 3 is 1.44 bits per heavy atom. The monoisotopic (exact) mass is 1100 g/mol. The van der Waals surface area contributed by atoms with Crippen LogP contribution >= 0.6 is 34.8 Å². The highest BCUT2D eigenvalue weighted by atomic mass is 35.5. The second kappa shape index (κ2) is 23.8. The maximum absolute atomic E-state index is 12.7. The van der Waals surface area contributed by atoms with Crippen LogP contribution in [-0.4, -0.2) is 178 Å². The van der Waals surface area contributed by atoms with Crippen molar-refractivity contribution in [1.82, 2.24) is 44.6 Å². The molecule has 3 aromatic rings. The van der Waals surface area contributed by atoms with Crippen molar-refractivity contribution in [2.75, 3.05) is 113 Å². The van der Waals surface area contributed by atoms with E-state index in [2.05, 4.69) is 44.6 Å². The van der Waals surface area contributed by atoms with Gasteiger partial charge in [0.25, 0.3) is 0 Å². The molecule has 0 aliphatic carbocycles. The zero-order valence-corrected chi connectivity index (χ0v) is 48.0. The van der Waals surface area contributed by atoms with Gasteiger partial charge in [0.2, 0.25) is 15.9 Å². The van der Waals surface area contributed by atoms with Crippen LogP contribution in [-0.2, 0) is 59.8 Å². The van der Waals surface area contributed by atoms with E-state index >= 15 is 0 Å². The van der Waals surface area contributed by atoms with Gasteiger partial charge in [0.1, 0.15) is 34.3 Å². The number of carbonyl (C=O) groups is 3. The van der Waals surface area contributed by atoms with Gasteiger partial charge in [0, 0.05) is 75.6 Å². The number of carbonyl (C=O) groups excluding carboxylic acids is 3. The summed E-state index contributed by atoms with van der Waals surface area (Å²) in [5, 5.41) is 0.615. The normalized spacial score (nSPS) is 19.8. The molecule has 75 heavy (non-hydrogen) atoms. The van der Waals surface area contributed by atoms with Crippen LogP contribution in [0, 0.1) is 0 Å². The van der Waals surface area contributed by atoms with E-state index in [1.54, 1.807) is 14.7 Å². The molecule has 0 bridgehead atoms. The Kier molecular flexibility index (Phi) is 18.4. The second-order valence-electron chi connectivity index (χ2n) is 22.6. The Morgan fingerprint density at radius 1 is 0.520 bits per heavy atom. The van der Waals surface area contributed by atoms with Crippen LogP contribution in [0.4, 0.5) is 31.8 Å². The number of amides is 3. The lowest BCUT2D eigenvalue weighted by atomic mass is 9.88. The van der Waals surface area contributed by atoms with E-state index in [4.69, 9.17) is 63.2 Å². The van der Waals surface area contributed by atoms with Crippen LogP contribution in [0.1, 0.15) is 123 Å². The third-order valence-corrected chi connectivity index (χ3v) is 13.6. The van der Waals surface area contributed by atoms with E-state index in [1.165, 1.54) is 0 Å². The first-order chi connectivity index (χ1) is 35.2. The predicted molar refractivity (Wildman–Crippen MR) is 285 cm³/mol. The van der Waals surface area contributed by atoms with Crippen molar-refractivity contribution in [2.45, 2.75) is 137 Å². The molecule has 0 N–H and O–H groups in total. The van der Waals surface area contributed by atoms with Gasteiger partial charge in [-0.3, -0.25) is 9.80 Å². The van der Waals surface area contributed by atoms with Crippen LogP contribution < -0.4 is 14.7 Å². The topological polar surface area (TPSA) is 203 Å². The lowest BCUT2D eigenvalue weighted by Crippen LogP contribution is -2.52. The summed E-state index contributed by atoms with van der Waals surface area (Å²) < 4.78 is 32.8. The van der Waals surface area contributed by atoms with Crippen LogP contribution in [0.3, 0.4) is 0 Å². The molecule has 0 aromatic carbocycles. The van der Waals surface area contributed by atoms with Gasteiger partial charge in [-0.2, -0.15) is 0 Å². The fourth-order valence-corrected chi connectivity index (χ4v) is 10.1. The number of ether oxygens (including phenoxy) is 6. The minimum Gasteiger partial charge on any atom is -0.444 e. The average molecular weight is 1110 g/mol. The first kappa shape index (κ1) is 57.9. The van der Waals surface area contributed by atoms with Gasteiger partial charge >= 0.3 is 18.3 Å². The highest BCUT2D eigenvalue weighted by Gasteiger charge is 2.43. The molecule has 21 nitrogen and oxygen atoms in total. The zero-order valence-electron chi connectivity index (χ0n) is 45.7. The summed E-state index contributed by atoms with van der Waals surface area (Å²) in [5.74, 6) is 2.60. The van der Waals surface area contributed by atoms with Crippen molar-refractivity contribution in [3.05, 3.63) is 49.6 Å². The first-order valence-corrected chi connectivity index (χ1v) is 27.0. The summed E-state index contributed by atoms with van der Waals surface area (Å²) in [7, 11) is 0. The molecule has 0 saturated carbocycles. The van der Waals surface area contributed by atoms with Crippen molar-refractivity contribution in [3.63, 3.8) is 0 Å². The molecular formula is C51H75Cl3N12O9. The number of halogens is 3. The van der Waals surface area contributed by atoms with Crippen LogP contribution in [0.5, 0.6) is 0 Å². The molecule has 24 heteroatoms. The molecule has 6 aliphatic heterocycles. The van der Waals surface area contributed by atoms with E-state index in [0.29, 0.717) is 85.1 Å². The Hall–Kier alpha value is -4.80. The van der Waals surface area contributed by atoms with Crippen LogP contribution in [0.2, 0.25) is 15.9 Å². The van der Waals surface area contributed by atoms with Gasteiger partial charge in [-0.15, -0.1) is 0 Å². The number of morpholine rings is 3. The molecule has 1 unspecified atom stereocenters. The molecule has 3 amide bonds. The van der Waals surface area contributed by atoms with Crippen molar-refractivity contribution in [2.24, 2.45) is 0 Å². The van der Waals surface area contributed by atoms with Crippen LogP contribution in [0.25, 0.3) is 0 Å². The summed E-state index contributed by atoms with van der Waals surface area (Å²) in [6.45, 7) is 33.5. The molecule has 9 rings (SSSR count). The molecule has 9 heterocycles. The number of fused-ring (bicyclic) bond motifs is 3. The second-order valence-corrected chi connectivity index (χ2v) is 23.6. The fraction of sp³-hybridized carbons (Fsp3) is 0.706. The van der Waals surface area contributed by atoms with Crippen LogP contribution in [0.15, 0.2) is 0 Å². The number of hydrogen-bond acceptors (Lipinski definition) is 18. The van der Waals surface area contributed by atoms with Crippen molar-refractivity contribution >= 4 is 70.5 Å². The predicted octanol–water partition coefficient (Wildman–Crippen LogP) is 8.08. The third kappa shape index (κ3) is 14.8. The standard InChI is InChI=1S/C18H27ClN4O3.C17H25ClN4O3.C16H23ClN4O3/c1-17(2,3)26-16(24)23-7-6-12-13(18(23,4)5)20-15(19)21-14(12)22-8-10-25-11-9-22;1-11-13-12(5-6-22(11)16(23)25-17(2,3)4)14(20-15(18)19-13)21-7-9-24-10-8-21;1-16(2,3)24-15(22)21-5-4-11-12(10-21)18-14(17)19-13(11)20-6-8-23-9-7-20/h6-11H2,1-5H3;11H,5-10H2,1-4H3;4-10H2,1-3H3. The SMILES string of the molecule is CC(C)(C)OC(=O)N1CCc2c(N3CCOCC3)nc(Cl)nc2C1(C)C.CC(C)(C)OC(=O)N1CCc2c(nc(Cl)nc2N2CCOCC2)C1.CC1c2nc(Cl)nc(N3CCOCC3)c2CCN1C(=O)OC(C)(C)C. The van der Waals surface area contributed by atoms with E-state index in [9.17, 15) is 14.4 Å². The smallest absolute Gasteiger partial charge is 0.411 e. The molecule has 3 fully saturated rings. The molecule has 0 spiro atoms. The summed E-state index contributed by atoms with van der Waals surface area (Å²) in [6, 6.07) is -0.209. The molecule has 3 saturated heterocycles. The molecule has 414 valence electrons. The fourth-order valence-electron chi connectivity index (χ4n) is 9.61. The van der Waals surface area contributed by atoms with Gasteiger partial charge in [0.15, 0.2) is 0 Å². The van der Waals surface area contributed by atoms with E-state index in [0.717, 1.165) is 90.5 Å². The van der Waals surface area contributed by atoms with Gasteiger partial charge in [-0.1, -0.05) is 0 Å². The molecular weight excluding hydrogens is 1030 g/mol. The zero-order chi connectivity index (χ0) is 54.6. The molecule has 6 aliphatic rings. The Morgan fingerprint density at radius 2 is 0.933 bits per heavy atom. The van der Waals surface area contributed by atoms with Gasteiger partial charge in [-0.25, -0.2) is 44.3 Å². The third-order valence-electron chi connectivity index (χ3n) is 13.1. The average Bonchev–Trinajstić information content (AvgIpc) is 3.33. The minimum atomic E-state index is -0.635. The number of aromatic nitrogens is 6. The lowest BCUT2D eigenvalue weighted by Gasteiger charge is -2.44. The maximum atomic E-state index is 12.7. The number of anilines is 3. The Bertz CT molecular complexity index is 2520. The van der Waals surface area contributed by atoms with Gasteiger partial charge in [-0.05, 0) is 137 Å². The number of rotatable bonds is 3. The summed E-state index contributed by atoms with van der Waals surface area (Å²) >= 11 is 18.6. The molecule has 0 radical (unpaired) electrons. The van der Waals surface area contributed by atoms with Gasteiger partial charge < -0.3 is 48.0 Å². The van der Waals surface area contributed by atoms with E-state index in [-0.39, 0.29) is 40.2 Å². The number of nitrogens with zero attached hydrogens (tertiary/aromatic N) is 12. The summed E-state index contributed by atoms with van der Waals surface area (Å²) in [4.78, 5) is 75.8. The van der Waals surface area contributed by atoms with Crippen molar-refractivity contribution in [3.8, 4) is 0 Å². The molecule has 3 aromatic heterocycles. The highest BCUT2D eigenvalue weighted by Crippen LogP contribution is 2.40. The maximum Gasteiger partial charge on any atom is 0.411 e. The van der Waals surface area contributed by atoms with Gasteiger partial charge in [0.05, 0.1) is 74.8 Å². The van der Waals surface area contributed by atoms with Crippen molar-refractivity contribution in [1.29, 1.82) is 0 Å². The number of hydrogen-bond donors (Lipinski definition) is 0. The first-order valence-electron chi connectivity index (χ1n) is 25.8. The Balaban J connectivity index is 0.000000164. The quantitative estimate of drug-likeness (QED) is 0.180. The minimum absolute atomic E-state index is 0.198. The van der Waals surface area contributed by atoms with Crippen molar-refractivity contribution < 1.29 is 42.8 Å². The van der Waals surface area contributed by atoms with E-state index < -0.39 is 22.3 Å².